The van der Waals surface area contributed by atoms with Crippen molar-refractivity contribution in [2.75, 3.05) is 26.7 Å². The van der Waals surface area contributed by atoms with E-state index >= 15 is 0 Å². The fourth-order valence-corrected chi connectivity index (χ4v) is 1.59. The van der Waals surface area contributed by atoms with Gasteiger partial charge in [0.05, 0.1) is 19.7 Å². The largest absolute Gasteiger partial charge is 0.465 e. The van der Waals surface area contributed by atoms with Gasteiger partial charge in [-0.1, -0.05) is 12.1 Å². The molecule has 5 nitrogen and oxygen atoms in total. The lowest BCUT2D eigenvalue weighted by Gasteiger charge is -2.15. The van der Waals surface area contributed by atoms with Crippen LogP contribution in [0.5, 0.6) is 0 Å². The quantitative estimate of drug-likeness (QED) is 0.756. The van der Waals surface area contributed by atoms with Gasteiger partial charge in [-0.15, -0.1) is 0 Å². The molecule has 0 aliphatic heterocycles. The summed E-state index contributed by atoms with van der Waals surface area (Å²) in [6.07, 6.45) is 0. The van der Waals surface area contributed by atoms with Crippen molar-refractivity contribution in [2.24, 2.45) is 0 Å². The van der Waals surface area contributed by atoms with Crippen molar-refractivity contribution in [1.82, 2.24) is 10.2 Å². The molecule has 0 fully saturated rings. The van der Waals surface area contributed by atoms with E-state index in [4.69, 9.17) is 4.74 Å². The van der Waals surface area contributed by atoms with E-state index < -0.39 is 0 Å². The number of carbonyl (C=O) groups is 2. The van der Waals surface area contributed by atoms with Crippen molar-refractivity contribution >= 4 is 11.9 Å². The summed E-state index contributed by atoms with van der Waals surface area (Å²) in [5.74, 6) is -0.878. The number of halogens is 1. The third-order valence-corrected chi connectivity index (χ3v) is 2.52. The molecule has 1 amide bonds. The van der Waals surface area contributed by atoms with Crippen molar-refractivity contribution in [1.29, 1.82) is 0 Å². The van der Waals surface area contributed by atoms with Gasteiger partial charge in [-0.3, -0.25) is 14.5 Å². The van der Waals surface area contributed by atoms with Crippen LogP contribution in [-0.2, 0) is 20.9 Å². The molecule has 0 radical (unpaired) electrons. The Hall–Kier alpha value is -1.95. The van der Waals surface area contributed by atoms with Gasteiger partial charge < -0.3 is 10.1 Å². The second-order valence-electron chi connectivity index (χ2n) is 4.38. The van der Waals surface area contributed by atoms with Crippen molar-refractivity contribution < 1.29 is 18.7 Å². The molecule has 6 heteroatoms. The first-order valence-electron chi connectivity index (χ1n) is 6.36. The number of hydrogen-bond donors (Lipinski definition) is 1. The summed E-state index contributed by atoms with van der Waals surface area (Å²) in [6, 6.07) is 5.90. The molecule has 20 heavy (non-hydrogen) atoms. The number of benzene rings is 1. The van der Waals surface area contributed by atoms with E-state index in [2.05, 4.69) is 5.32 Å². The van der Waals surface area contributed by atoms with Crippen LogP contribution in [0.1, 0.15) is 12.5 Å². The van der Waals surface area contributed by atoms with Crippen LogP contribution in [0.25, 0.3) is 0 Å². The summed E-state index contributed by atoms with van der Waals surface area (Å²) < 4.78 is 17.5. The maximum atomic E-state index is 12.7. The zero-order valence-electron chi connectivity index (χ0n) is 11.7. The number of carbonyl (C=O) groups excluding carboxylic acids is 2. The van der Waals surface area contributed by atoms with E-state index in [9.17, 15) is 14.0 Å². The van der Waals surface area contributed by atoms with Gasteiger partial charge in [0.1, 0.15) is 5.82 Å². The second-order valence-corrected chi connectivity index (χ2v) is 4.38. The minimum atomic E-state index is -0.360. The normalized spacial score (nSPS) is 10.4. The first-order chi connectivity index (χ1) is 9.51. The topological polar surface area (TPSA) is 58.6 Å². The number of likely N-dealkylation sites (N-methyl/N-ethyl adjacent to an activating group) is 1. The Morgan fingerprint density at radius 3 is 2.50 bits per heavy atom. The molecule has 0 bridgehead atoms. The first-order valence-corrected chi connectivity index (χ1v) is 6.36. The fourth-order valence-electron chi connectivity index (χ4n) is 1.59. The predicted molar refractivity (Wildman–Crippen MR) is 72.4 cm³/mol. The number of nitrogens with zero attached hydrogens (tertiary/aromatic N) is 1. The Bertz CT molecular complexity index is 448. The molecule has 0 spiro atoms. The molecule has 0 aliphatic rings. The predicted octanol–water partition coefficient (Wildman–Crippen LogP) is 0.937. The molecule has 0 saturated heterocycles. The molecular weight excluding hydrogens is 263 g/mol. The number of ether oxygens (including phenoxy) is 1. The maximum absolute atomic E-state index is 12.7. The number of rotatable bonds is 7. The molecule has 110 valence electrons. The van der Waals surface area contributed by atoms with Crippen LogP contribution in [-0.4, -0.2) is 43.5 Å². The summed E-state index contributed by atoms with van der Waals surface area (Å²) in [7, 11) is 1.66. The lowest BCUT2D eigenvalue weighted by molar-refractivity contribution is -0.144. The Labute approximate surface area is 117 Å². The van der Waals surface area contributed by atoms with Crippen molar-refractivity contribution in [3.63, 3.8) is 0 Å². The van der Waals surface area contributed by atoms with Gasteiger partial charge in [0.25, 0.3) is 0 Å². The van der Waals surface area contributed by atoms with Crippen LogP contribution in [0.15, 0.2) is 24.3 Å². The monoisotopic (exact) mass is 282 g/mol. The van der Waals surface area contributed by atoms with E-state index in [1.54, 1.807) is 31.0 Å². The van der Waals surface area contributed by atoms with E-state index in [1.165, 1.54) is 12.1 Å². The fraction of sp³-hybridized carbons (Fsp3) is 0.429. The Balaban J connectivity index is 2.29. The van der Waals surface area contributed by atoms with Gasteiger partial charge in [0, 0.05) is 6.54 Å². The highest BCUT2D eigenvalue weighted by molar-refractivity contribution is 5.79. The minimum absolute atomic E-state index is 0.0673. The third kappa shape index (κ3) is 6.29. The summed E-state index contributed by atoms with van der Waals surface area (Å²) in [4.78, 5) is 24.4. The van der Waals surface area contributed by atoms with E-state index in [1.807, 2.05) is 0 Å². The molecule has 1 aromatic rings. The highest BCUT2D eigenvalue weighted by Gasteiger charge is 2.10. The maximum Gasteiger partial charge on any atom is 0.320 e. The average Bonchev–Trinajstić information content (AvgIpc) is 2.38. The van der Waals surface area contributed by atoms with Crippen LogP contribution < -0.4 is 5.32 Å². The van der Waals surface area contributed by atoms with Gasteiger partial charge in [0.15, 0.2) is 0 Å². The second kappa shape index (κ2) is 8.27. The number of esters is 1. The van der Waals surface area contributed by atoms with Gasteiger partial charge in [0.2, 0.25) is 5.91 Å². The Kier molecular flexibility index (Phi) is 6.66. The zero-order valence-corrected chi connectivity index (χ0v) is 11.7. The van der Waals surface area contributed by atoms with Crippen LogP contribution in [0.2, 0.25) is 0 Å². The van der Waals surface area contributed by atoms with Crippen molar-refractivity contribution in [3.8, 4) is 0 Å². The van der Waals surface area contributed by atoms with Crippen molar-refractivity contribution in [3.05, 3.63) is 35.6 Å². The molecule has 0 saturated carbocycles. The summed E-state index contributed by atoms with van der Waals surface area (Å²) in [6.45, 7) is 2.54. The summed E-state index contributed by atoms with van der Waals surface area (Å²) in [5, 5.41) is 2.70. The molecule has 1 N–H and O–H groups in total. The first kappa shape index (κ1) is 16.1. The molecule has 0 atom stereocenters. The summed E-state index contributed by atoms with van der Waals surface area (Å²) >= 11 is 0. The third-order valence-electron chi connectivity index (χ3n) is 2.52. The molecule has 0 heterocycles. The van der Waals surface area contributed by atoms with Crippen LogP contribution in [0.4, 0.5) is 4.39 Å². The van der Waals surface area contributed by atoms with Gasteiger partial charge in [-0.05, 0) is 31.7 Å². The smallest absolute Gasteiger partial charge is 0.320 e. The summed E-state index contributed by atoms with van der Waals surface area (Å²) in [5.41, 5.74) is 0.813. The SMILES string of the molecule is CCOC(=O)CN(C)CC(=O)NCc1ccc(F)cc1. The number of nitrogens with one attached hydrogen (secondary N) is 1. The minimum Gasteiger partial charge on any atom is -0.465 e. The van der Waals surface area contributed by atoms with Gasteiger partial charge in [-0.25, -0.2) is 4.39 Å². The lowest BCUT2D eigenvalue weighted by atomic mass is 10.2. The van der Waals surface area contributed by atoms with Crippen LogP contribution >= 0.6 is 0 Å². The molecular formula is C14H19FN2O3. The molecule has 1 aromatic carbocycles. The van der Waals surface area contributed by atoms with Crippen LogP contribution in [0.3, 0.4) is 0 Å². The van der Waals surface area contributed by atoms with E-state index in [-0.39, 0.29) is 30.8 Å². The molecule has 1 rings (SSSR count). The molecule has 0 aliphatic carbocycles. The van der Waals surface area contributed by atoms with Gasteiger partial charge >= 0.3 is 5.97 Å². The molecule has 0 aromatic heterocycles. The highest BCUT2D eigenvalue weighted by Crippen LogP contribution is 2.01. The van der Waals surface area contributed by atoms with Crippen molar-refractivity contribution in [2.45, 2.75) is 13.5 Å². The number of hydrogen-bond acceptors (Lipinski definition) is 4. The molecule has 0 unspecified atom stereocenters. The zero-order chi connectivity index (χ0) is 15.0. The van der Waals surface area contributed by atoms with E-state index in [0.29, 0.717) is 13.2 Å². The highest BCUT2D eigenvalue weighted by atomic mass is 19.1. The Morgan fingerprint density at radius 1 is 1.25 bits per heavy atom. The van der Waals surface area contributed by atoms with Gasteiger partial charge in [-0.2, -0.15) is 0 Å². The van der Waals surface area contributed by atoms with Crippen LogP contribution in [0, 0.1) is 5.82 Å². The standard InChI is InChI=1S/C14H19FN2O3/c1-3-20-14(19)10-17(2)9-13(18)16-8-11-4-6-12(15)7-5-11/h4-7H,3,8-10H2,1-2H3,(H,16,18). The lowest BCUT2D eigenvalue weighted by Crippen LogP contribution is -2.37. The Morgan fingerprint density at radius 2 is 1.90 bits per heavy atom. The number of amides is 1. The van der Waals surface area contributed by atoms with E-state index in [0.717, 1.165) is 5.56 Å². The average molecular weight is 282 g/mol.